The van der Waals surface area contributed by atoms with Crippen LogP contribution >= 0.6 is 0 Å². The van der Waals surface area contributed by atoms with Crippen LogP contribution in [0.5, 0.6) is 0 Å². The van der Waals surface area contributed by atoms with E-state index in [-0.39, 0.29) is 23.8 Å². The Bertz CT molecular complexity index is 340. The normalized spacial score (nSPS) is 26.2. The van der Waals surface area contributed by atoms with Crippen LogP contribution in [0.3, 0.4) is 0 Å². The fourth-order valence-corrected chi connectivity index (χ4v) is 3.03. The molecule has 0 spiro atoms. The zero-order chi connectivity index (χ0) is 13.8. The van der Waals surface area contributed by atoms with Crippen molar-refractivity contribution in [2.24, 2.45) is 5.92 Å². The average molecular weight is 268 g/mol. The number of carbonyl (C=O) groups excluding carboxylic acids is 2. The van der Waals surface area contributed by atoms with Gasteiger partial charge >= 0.3 is 5.97 Å². The first-order valence-corrected chi connectivity index (χ1v) is 7.24. The van der Waals surface area contributed by atoms with Crippen molar-refractivity contribution >= 4 is 11.9 Å². The third kappa shape index (κ3) is 3.26. The van der Waals surface area contributed by atoms with Crippen LogP contribution in [0.25, 0.3) is 0 Å². The van der Waals surface area contributed by atoms with Crippen LogP contribution in [0.1, 0.15) is 32.6 Å². The molecule has 0 saturated carbocycles. The van der Waals surface area contributed by atoms with Crippen molar-refractivity contribution in [2.75, 3.05) is 33.3 Å². The van der Waals surface area contributed by atoms with Crippen molar-refractivity contribution < 1.29 is 14.3 Å². The molecule has 108 valence electrons. The summed E-state index contributed by atoms with van der Waals surface area (Å²) in [6, 6.07) is -0.118. The highest BCUT2D eigenvalue weighted by molar-refractivity contribution is 5.82. The Kier molecular flexibility index (Phi) is 4.80. The Hall–Kier alpha value is -1.10. The fraction of sp³-hybridized carbons (Fsp3) is 0.857. The summed E-state index contributed by atoms with van der Waals surface area (Å²) in [6.07, 6.45) is 4.25. The molecule has 2 rings (SSSR count). The topological polar surface area (TPSA) is 49.9 Å². The van der Waals surface area contributed by atoms with Gasteiger partial charge in [-0.1, -0.05) is 0 Å². The summed E-state index contributed by atoms with van der Waals surface area (Å²) in [6.45, 7) is 5.18. The zero-order valence-corrected chi connectivity index (χ0v) is 11.9. The lowest BCUT2D eigenvalue weighted by molar-refractivity contribution is -0.145. The molecule has 2 heterocycles. The van der Waals surface area contributed by atoms with Crippen molar-refractivity contribution in [2.45, 2.75) is 38.6 Å². The van der Waals surface area contributed by atoms with Gasteiger partial charge in [0.15, 0.2) is 0 Å². The van der Waals surface area contributed by atoms with Crippen LogP contribution in [0, 0.1) is 5.92 Å². The summed E-state index contributed by atoms with van der Waals surface area (Å²) >= 11 is 0. The van der Waals surface area contributed by atoms with Gasteiger partial charge in [-0.25, -0.2) is 0 Å². The number of nitrogens with zero attached hydrogens (tertiary/aromatic N) is 2. The molecule has 0 aromatic carbocycles. The van der Waals surface area contributed by atoms with E-state index in [0.29, 0.717) is 6.54 Å². The van der Waals surface area contributed by atoms with Crippen LogP contribution in [0.4, 0.5) is 0 Å². The summed E-state index contributed by atoms with van der Waals surface area (Å²) in [5, 5.41) is 0. The largest absolute Gasteiger partial charge is 0.469 e. The molecule has 0 aliphatic carbocycles. The maximum absolute atomic E-state index is 12.4. The number of hydrogen-bond donors (Lipinski definition) is 0. The predicted molar refractivity (Wildman–Crippen MR) is 71.6 cm³/mol. The highest BCUT2D eigenvalue weighted by Gasteiger charge is 2.35. The summed E-state index contributed by atoms with van der Waals surface area (Å²) in [5.74, 6) is -0.00746. The second-order valence-electron chi connectivity index (χ2n) is 5.57. The molecule has 2 atom stereocenters. The Morgan fingerprint density at radius 3 is 2.47 bits per heavy atom. The van der Waals surface area contributed by atoms with E-state index in [2.05, 4.69) is 4.90 Å². The first-order valence-electron chi connectivity index (χ1n) is 7.24. The SMILES string of the molecule is COC(=O)C1CCN(C(C)C(=O)N2CCCCC2)C1. The number of carbonyl (C=O) groups is 2. The number of rotatable bonds is 3. The molecule has 0 bridgehead atoms. The lowest BCUT2D eigenvalue weighted by Crippen LogP contribution is -2.48. The zero-order valence-electron chi connectivity index (χ0n) is 11.9. The van der Waals surface area contributed by atoms with Crippen LogP contribution in [-0.4, -0.2) is 61.0 Å². The van der Waals surface area contributed by atoms with Crippen molar-refractivity contribution in [1.82, 2.24) is 9.80 Å². The fourth-order valence-electron chi connectivity index (χ4n) is 3.03. The minimum atomic E-state index is -0.153. The van der Waals surface area contributed by atoms with Gasteiger partial charge in [-0.05, 0) is 39.2 Å². The molecule has 19 heavy (non-hydrogen) atoms. The second kappa shape index (κ2) is 6.37. The monoisotopic (exact) mass is 268 g/mol. The maximum Gasteiger partial charge on any atom is 0.310 e. The van der Waals surface area contributed by atoms with Crippen LogP contribution in [0.2, 0.25) is 0 Å². The molecule has 1 amide bonds. The molecule has 5 nitrogen and oxygen atoms in total. The van der Waals surface area contributed by atoms with Crippen molar-refractivity contribution in [3.63, 3.8) is 0 Å². The van der Waals surface area contributed by atoms with Crippen molar-refractivity contribution in [3.05, 3.63) is 0 Å². The van der Waals surface area contributed by atoms with Gasteiger partial charge in [-0.2, -0.15) is 0 Å². The van der Waals surface area contributed by atoms with Gasteiger partial charge in [0.1, 0.15) is 0 Å². The third-order valence-electron chi connectivity index (χ3n) is 4.33. The summed E-state index contributed by atoms with van der Waals surface area (Å²) < 4.78 is 4.78. The predicted octanol–water partition coefficient (Wildman–Crippen LogP) is 0.882. The molecule has 2 unspecified atom stereocenters. The average Bonchev–Trinajstić information content (AvgIpc) is 2.95. The Morgan fingerprint density at radius 1 is 1.16 bits per heavy atom. The standard InChI is InChI=1S/C14H24N2O3/c1-11(13(17)15-7-4-3-5-8-15)16-9-6-12(10-16)14(18)19-2/h11-12H,3-10H2,1-2H3. The Balaban J connectivity index is 1.87. The van der Waals surface area contributed by atoms with Gasteiger partial charge in [0.2, 0.25) is 5.91 Å². The number of amides is 1. The lowest BCUT2D eigenvalue weighted by atomic mass is 10.1. The summed E-state index contributed by atoms with van der Waals surface area (Å²) in [7, 11) is 1.42. The minimum absolute atomic E-state index is 0.0680. The van der Waals surface area contributed by atoms with Crippen LogP contribution < -0.4 is 0 Å². The van der Waals surface area contributed by atoms with Gasteiger partial charge in [0, 0.05) is 19.6 Å². The van der Waals surface area contributed by atoms with Gasteiger partial charge in [0.25, 0.3) is 0 Å². The molecular weight excluding hydrogens is 244 g/mol. The lowest BCUT2D eigenvalue weighted by Gasteiger charge is -2.32. The number of methoxy groups -OCH3 is 1. The third-order valence-corrected chi connectivity index (χ3v) is 4.33. The van der Waals surface area contributed by atoms with E-state index in [4.69, 9.17) is 4.74 Å². The van der Waals surface area contributed by atoms with Gasteiger partial charge in [0.05, 0.1) is 19.1 Å². The number of ether oxygens (including phenoxy) is 1. The van der Waals surface area contributed by atoms with Crippen molar-refractivity contribution in [3.8, 4) is 0 Å². The van der Waals surface area contributed by atoms with E-state index in [9.17, 15) is 9.59 Å². The molecule has 2 aliphatic rings. The number of hydrogen-bond acceptors (Lipinski definition) is 4. The molecule has 0 aromatic rings. The molecule has 2 saturated heterocycles. The maximum atomic E-state index is 12.4. The first-order chi connectivity index (χ1) is 9.13. The molecule has 5 heteroatoms. The molecule has 0 radical (unpaired) electrons. The number of esters is 1. The van der Waals surface area contributed by atoms with Gasteiger partial charge < -0.3 is 9.64 Å². The Morgan fingerprint density at radius 2 is 1.84 bits per heavy atom. The molecular formula is C14H24N2O3. The van der Waals surface area contributed by atoms with E-state index < -0.39 is 0 Å². The Labute approximate surface area is 114 Å². The van der Waals surface area contributed by atoms with Crippen molar-refractivity contribution in [1.29, 1.82) is 0 Å². The van der Waals surface area contributed by atoms with E-state index in [1.54, 1.807) is 0 Å². The quantitative estimate of drug-likeness (QED) is 0.713. The van der Waals surface area contributed by atoms with Crippen LogP contribution in [-0.2, 0) is 14.3 Å². The van der Waals surface area contributed by atoms with Crippen LogP contribution in [0.15, 0.2) is 0 Å². The molecule has 2 fully saturated rings. The van der Waals surface area contributed by atoms with Gasteiger partial charge in [-0.3, -0.25) is 14.5 Å². The van der Waals surface area contributed by atoms with Gasteiger partial charge in [-0.15, -0.1) is 0 Å². The van der Waals surface area contributed by atoms with E-state index in [1.165, 1.54) is 13.5 Å². The molecule has 2 aliphatic heterocycles. The smallest absolute Gasteiger partial charge is 0.310 e. The summed E-state index contributed by atoms with van der Waals surface area (Å²) in [5.41, 5.74) is 0. The van der Waals surface area contributed by atoms with E-state index >= 15 is 0 Å². The second-order valence-corrected chi connectivity index (χ2v) is 5.57. The summed E-state index contributed by atoms with van der Waals surface area (Å²) in [4.78, 5) is 28.0. The molecule has 0 aromatic heterocycles. The number of piperidine rings is 1. The number of likely N-dealkylation sites (tertiary alicyclic amines) is 2. The minimum Gasteiger partial charge on any atom is -0.469 e. The molecule has 0 N–H and O–H groups in total. The van der Waals surface area contributed by atoms with E-state index in [0.717, 1.165) is 38.9 Å². The van der Waals surface area contributed by atoms with E-state index in [1.807, 2.05) is 11.8 Å². The highest BCUT2D eigenvalue weighted by atomic mass is 16.5. The first kappa shape index (κ1) is 14.3. The highest BCUT2D eigenvalue weighted by Crippen LogP contribution is 2.21.